The standard InChI is InChI=1S/C15H19N3O6/c16-10(6-9-4-2-1-3-5-9)14(23)18-11(7-12(19)20)15(24)17-8-13(21)22/h1-5,10-11H,6-8,16H2,(H,17,24)(H,18,23)(H,19,20)(H,21,22). The first kappa shape index (κ1) is 19.1. The van der Waals surface area contributed by atoms with Crippen molar-refractivity contribution >= 4 is 23.8 Å². The molecule has 2 atom stereocenters. The van der Waals surface area contributed by atoms with Crippen LogP contribution in [0.1, 0.15) is 12.0 Å². The van der Waals surface area contributed by atoms with Gasteiger partial charge in [0.1, 0.15) is 12.6 Å². The van der Waals surface area contributed by atoms with Gasteiger partial charge in [-0.1, -0.05) is 30.3 Å². The predicted octanol–water partition coefficient (Wildman–Crippen LogP) is -1.28. The van der Waals surface area contributed by atoms with Crippen LogP contribution in [0.3, 0.4) is 0 Å². The van der Waals surface area contributed by atoms with E-state index in [2.05, 4.69) is 5.32 Å². The number of benzene rings is 1. The average molecular weight is 337 g/mol. The van der Waals surface area contributed by atoms with Crippen LogP contribution in [0.15, 0.2) is 30.3 Å². The van der Waals surface area contributed by atoms with Crippen molar-refractivity contribution in [3.63, 3.8) is 0 Å². The molecule has 0 saturated carbocycles. The second-order valence-electron chi connectivity index (χ2n) is 5.07. The Morgan fingerprint density at radius 1 is 1.00 bits per heavy atom. The van der Waals surface area contributed by atoms with E-state index in [1.165, 1.54) is 0 Å². The largest absolute Gasteiger partial charge is 0.481 e. The summed E-state index contributed by atoms with van der Waals surface area (Å²) in [6.07, 6.45) is -0.474. The molecule has 2 unspecified atom stereocenters. The summed E-state index contributed by atoms with van der Waals surface area (Å²) in [6.45, 7) is -0.680. The van der Waals surface area contributed by atoms with Gasteiger partial charge in [0.05, 0.1) is 12.5 Å². The highest BCUT2D eigenvalue weighted by molar-refractivity contribution is 5.93. The second kappa shape index (κ2) is 9.26. The van der Waals surface area contributed by atoms with Gasteiger partial charge in [-0.25, -0.2) is 0 Å². The van der Waals surface area contributed by atoms with Crippen LogP contribution in [0.25, 0.3) is 0 Å². The van der Waals surface area contributed by atoms with E-state index in [-0.39, 0.29) is 6.42 Å². The number of carbonyl (C=O) groups excluding carboxylic acids is 2. The summed E-state index contributed by atoms with van der Waals surface area (Å²) in [5, 5.41) is 21.6. The van der Waals surface area contributed by atoms with Crippen LogP contribution in [-0.4, -0.2) is 52.6 Å². The number of carbonyl (C=O) groups is 4. The lowest BCUT2D eigenvalue weighted by molar-refractivity contribution is -0.141. The van der Waals surface area contributed by atoms with Gasteiger partial charge in [0, 0.05) is 0 Å². The number of carboxylic acids is 2. The summed E-state index contributed by atoms with van der Waals surface area (Å²) in [7, 11) is 0. The molecule has 9 heteroatoms. The number of aliphatic carboxylic acids is 2. The summed E-state index contributed by atoms with van der Waals surface area (Å²) in [5.74, 6) is -4.21. The van der Waals surface area contributed by atoms with Crippen molar-refractivity contribution in [2.75, 3.05) is 6.54 Å². The van der Waals surface area contributed by atoms with Crippen molar-refractivity contribution in [2.24, 2.45) is 5.73 Å². The number of hydrogen-bond acceptors (Lipinski definition) is 5. The van der Waals surface area contributed by atoms with Crippen LogP contribution in [-0.2, 0) is 25.6 Å². The normalized spacial score (nSPS) is 12.7. The fraction of sp³-hybridized carbons (Fsp3) is 0.333. The van der Waals surface area contributed by atoms with Crippen molar-refractivity contribution < 1.29 is 29.4 Å². The summed E-state index contributed by atoms with van der Waals surface area (Å²) in [4.78, 5) is 45.1. The fourth-order valence-corrected chi connectivity index (χ4v) is 1.91. The quantitative estimate of drug-likeness (QED) is 0.375. The van der Waals surface area contributed by atoms with Gasteiger partial charge < -0.3 is 26.6 Å². The minimum absolute atomic E-state index is 0.212. The molecule has 0 aromatic heterocycles. The Morgan fingerprint density at radius 2 is 1.62 bits per heavy atom. The van der Waals surface area contributed by atoms with Gasteiger partial charge in [-0.05, 0) is 12.0 Å². The monoisotopic (exact) mass is 337 g/mol. The van der Waals surface area contributed by atoms with Gasteiger partial charge >= 0.3 is 11.9 Å². The molecule has 0 aliphatic heterocycles. The third-order valence-electron chi connectivity index (χ3n) is 3.06. The number of rotatable bonds is 9. The third-order valence-corrected chi connectivity index (χ3v) is 3.06. The lowest BCUT2D eigenvalue weighted by Gasteiger charge is -2.19. The fourth-order valence-electron chi connectivity index (χ4n) is 1.91. The third kappa shape index (κ3) is 6.88. The molecule has 6 N–H and O–H groups in total. The molecule has 24 heavy (non-hydrogen) atoms. The van der Waals surface area contributed by atoms with Crippen LogP contribution in [0.5, 0.6) is 0 Å². The Bertz CT molecular complexity index is 604. The summed E-state index contributed by atoms with van der Waals surface area (Å²) < 4.78 is 0. The molecule has 0 radical (unpaired) electrons. The van der Waals surface area contributed by atoms with Crippen LogP contribution in [0.2, 0.25) is 0 Å². The molecule has 0 spiro atoms. The SMILES string of the molecule is NC(Cc1ccccc1)C(=O)NC(CC(=O)O)C(=O)NCC(=O)O. The maximum atomic E-state index is 12.1. The summed E-state index contributed by atoms with van der Waals surface area (Å²) >= 11 is 0. The first-order chi connectivity index (χ1) is 11.3. The molecule has 0 saturated heterocycles. The molecule has 130 valence electrons. The molecule has 0 aliphatic rings. The Hall–Kier alpha value is -2.94. The van der Waals surface area contributed by atoms with Crippen LogP contribution in [0, 0.1) is 0 Å². The van der Waals surface area contributed by atoms with Crippen molar-refractivity contribution in [3.8, 4) is 0 Å². The zero-order valence-electron chi connectivity index (χ0n) is 12.8. The van der Waals surface area contributed by atoms with Crippen LogP contribution in [0.4, 0.5) is 0 Å². The van der Waals surface area contributed by atoms with Crippen molar-refractivity contribution in [2.45, 2.75) is 24.9 Å². The van der Waals surface area contributed by atoms with Crippen LogP contribution >= 0.6 is 0 Å². The topological polar surface area (TPSA) is 159 Å². The van der Waals surface area contributed by atoms with Gasteiger partial charge in [-0.2, -0.15) is 0 Å². The first-order valence-corrected chi connectivity index (χ1v) is 7.10. The minimum Gasteiger partial charge on any atom is -0.481 e. The zero-order valence-corrected chi connectivity index (χ0v) is 12.8. The molecule has 0 heterocycles. The van der Waals surface area contributed by atoms with E-state index in [1.807, 2.05) is 11.4 Å². The molecule has 2 amide bonds. The van der Waals surface area contributed by atoms with E-state index in [1.54, 1.807) is 24.3 Å². The van der Waals surface area contributed by atoms with E-state index in [9.17, 15) is 19.2 Å². The second-order valence-corrected chi connectivity index (χ2v) is 5.07. The van der Waals surface area contributed by atoms with Crippen molar-refractivity contribution in [1.82, 2.24) is 10.6 Å². The minimum atomic E-state index is -1.41. The van der Waals surface area contributed by atoms with Gasteiger partial charge in [0.2, 0.25) is 11.8 Å². The van der Waals surface area contributed by atoms with Gasteiger partial charge in [0.15, 0.2) is 0 Å². The van der Waals surface area contributed by atoms with Crippen molar-refractivity contribution in [3.05, 3.63) is 35.9 Å². The molecular formula is C15H19N3O6. The highest BCUT2D eigenvalue weighted by Gasteiger charge is 2.26. The van der Waals surface area contributed by atoms with Gasteiger partial charge in [-0.15, -0.1) is 0 Å². The summed E-state index contributed by atoms with van der Waals surface area (Å²) in [5.41, 5.74) is 6.58. The predicted molar refractivity (Wildman–Crippen MR) is 83.0 cm³/mol. The molecule has 1 aromatic carbocycles. The Labute approximate surface area is 137 Å². The number of nitrogens with one attached hydrogen (secondary N) is 2. The Balaban J connectivity index is 2.66. The number of nitrogens with two attached hydrogens (primary N) is 1. The highest BCUT2D eigenvalue weighted by Crippen LogP contribution is 2.03. The van der Waals surface area contributed by atoms with E-state index >= 15 is 0 Å². The smallest absolute Gasteiger partial charge is 0.322 e. The Kier molecular flexibility index (Phi) is 7.37. The lowest BCUT2D eigenvalue weighted by atomic mass is 10.1. The van der Waals surface area contributed by atoms with E-state index in [0.29, 0.717) is 0 Å². The van der Waals surface area contributed by atoms with E-state index < -0.39 is 48.8 Å². The molecule has 1 rings (SSSR count). The maximum Gasteiger partial charge on any atom is 0.322 e. The van der Waals surface area contributed by atoms with Crippen molar-refractivity contribution in [1.29, 1.82) is 0 Å². The molecule has 1 aromatic rings. The average Bonchev–Trinajstić information content (AvgIpc) is 2.52. The first-order valence-electron chi connectivity index (χ1n) is 7.10. The van der Waals surface area contributed by atoms with Gasteiger partial charge in [-0.3, -0.25) is 19.2 Å². The number of hydrogen-bond donors (Lipinski definition) is 5. The molecule has 9 nitrogen and oxygen atoms in total. The Morgan fingerprint density at radius 3 is 2.17 bits per heavy atom. The summed E-state index contributed by atoms with van der Waals surface area (Å²) in [6, 6.07) is 6.55. The zero-order chi connectivity index (χ0) is 18.1. The molecule has 0 aliphatic carbocycles. The van der Waals surface area contributed by atoms with Gasteiger partial charge in [0.25, 0.3) is 0 Å². The maximum absolute atomic E-state index is 12.1. The number of carboxylic acid groups (broad SMARTS) is 2. The lowest BCUT2D eigenvalue weighted by Crippen LogP contribution is -2.53. The van der Waals surface area contributed by atoms with E-state index in [0.717, 1.165) is 5.56 Å². The van der Waals surface area contributed by atoms with E-state index in [4.69, 9.17) is 15.9 Å². The molecule has 0 bridgehead atoms. The highest BCUT2D eigenvalue weighted by atomic mass is 16.4. The number of amides is 2. The molecule has 0 fully saturated rings. The van der Waals surface area contributed by atoms with Crippen LogP contribution < -0.4 is 16.4 Å². The molecular weight excluding hydrogens is 318 g/mol.